The first-order valence-corrected chi connectivity index (χ1v) is 12.2. The van der Waals surface area contributed by atoms with Crippen LogP contribution in [0.1, 0.15) is 27.9 Å². The lowest BCUT2D eigenvalue weighted by Crippen LogP contribution is -2.35. The molecule has 190 valence electrons. The van der Waals surface area contributed by atoms with Gasteiger partial charge in [0, 0.05) is 41.5 Å². The van der Waals surface area contributed by atoms with Gasteiger partial charge in [-0.05, 0) is 47.5 Å². The molecule has 0 radical (unpaired) electrons. The first-order valence-electron chi connectivity index (χ1n) is 11.4. The van der Waals surface area contributed by atoms with Gasteiger partial charge in [-0.15, -0.1) is 0 Å². The summed E-state index contributed by atoms with van der Waals surface area (Å²) in [5.41, 5.74) is 3.52. The molecule has 0 spiro atoms. The summed E-state index contributed by atoms with van der Waals surface area (Å²) in [5.74, 6) is -1.26. The minimum absolute atomic E-state index is 0.128. The fourth-order valence-electron chi connectivity index (χ4n) is 3.99. The van der Waals surface area contributed by atoms with Crippen molar-refractivity contribution in [2.24, 2.45) is 0 Å². The van der Waals surface area contributed by atoms with Gasteiger partial charge < -0.3 is 19.7 Å². The van der Waals surface area contributed by atoms with Crippen molar-refractivity contribution in [3.63, 3.8) is 0 Å². The van der Waals surface area contributed by atoms with Crippen LogP contribution in [0.15, 0.2) is 72.8 Å². The molecule has 1 heterocycles. The zero-order chi connectivity index (χ0) is 26.5. The molecule has 1 aliphatic rings. The van der Waals surface area contributed by atoms with Crippen LogP contribution in [0.5, 0.6) is 0 Å². The van der Waals surface area contributed by atoms with Crippen LogP contribution in [0.2, 0.25) is 10.0 Å². The zero-order valence-corrected chi connectivity index (χ0v) is 21.7. The lowest BCUT2D eigenvalue weighted by Gasteiger charge is -2.29. The van der Waals surface area contributed by atoms with E-state index in [0.717, 1.165) is 5.56 Å². The van der Waals surface area contributed by atoms with E-state index in [0.29, 0.717) is 38.1 Å². The largest absolute Gasteiger partial charge is 0.465 e. The third-order valence-electron chi connectivity index (χ3n) is 5.94. The summed E-state index contributed by atoms with van der Waals surface area (Å²) in [4.78, 5) is 39.3. The highest BCUT2D eigenvalue weighted by Gasteiger charge is 2.31. The van der Waals surface area contributed by atoms with E-state index in [-0.39, 0.29) is 18.9 Å². The number of anilines is 2. The second-order valence-corrected chi connectivity index (χ2v) is 9.25. The van der Waals surface area contributed by atoms with Crippen molar-refractivity contribution in [3.8, 4) is 0 Å². The highest BCUT2D eigenvalue weighted by Crippen LogP contribution is 2.41. The molecule has 1 aliphatic heterocycles. The summed E-state index contributed by atoms with van der Waals surface area (Å²) in [6.07, 6.45) is 1.63. The Balaban J connectivity index is 1.58. The first-order chi connectivity index (χ1) is 17.8. The Morgan fingerprint density at radius 2 is 1.76 bits per heavy atom. The normalized spacial score (nSPS) is 15.4. The van der Waals surface area contributed by atoms with Gasteiger partial charge >= 0.3 is 11.9 Å². The average molecular weight is 539 g/mol. The minimum Gasteiger partial charge on any atom is -0.465 e. The topological polar surface area (TPSA) is 84.9 Å². The predicted octanol–water partition coefficient (Wildman–Crippen LogP) is 5.75. The number of benzene rings is 3. The number of carbonyl (C=O) groups excluding carboxylic acids is 3. The molecule has 0 bridgehead atoms. The molecule has 1 amide bonds. The fraction of sp³-hybridized carbons (Fsp3) is 0.179. The molecule has 0 aromatic heterocycles. The molecule has 0 fully saturated rings. The molecule has 1 unspecified atom stereocenters. The van der Waals surface area contributed by atoms with Crippen LogP contribution in [0.25, 0.3) is 5.57 Å². The van der Waals surface area contributed by atoms with Crippen LogP contribution in [0.4, 0.5) is 11.4 Å². The Hall–Kier alpha value is -3.81. The van der Waals surface area contributed by atoms with E-state index in [2.05, 4.69) is 5.32 Å². The molecule has 0 aliphatic carbocycles. The Kier molecular flexibility index (Phi) is 8.16. The van der Waals surface area contributed by atoms with Crippen LogP contribution >= 0.6 is 23.2 Å². The maximum Gasteiger partial charge on any atom is 0.337 e. The number of carbonyl (C=O) groups is 3. The minimum atomic E-state index is -0.741. The van der Waals surface area contributed by atoms with Gasteiger partial charge in [0.2, 0.25) is 0 Å². The van der Waals surface area contributed by atoms with E-state index in [4.69, 9.17) is 32.7 Å². The second-order valence-electron chi connectivity index (χ2n) is 8.41. The number of nitrogens with one attached hydrogen (secondary N) is 1. The molecule has 4 rings (SSSR count). The van der Waals surface area contributed by atoms with E-state index < -0.39 is 18.0 Å². The molecule has 1 atom stereocenters. The Labute approximate surface area is 224 Å². The summed E-state index contributed by atoms with van der Waals surface area (Å²) < 4.78 is 10.2. The maximum atomic E-state index is 13.2. The summed E-state index contributed by atoms with van der Waals surface area (Å²) in [6.45, 7) is 0.128. The number of hydrogen-bond donors (Lipinski definition) is 1. The second kappa shape index (κ2) is 11.5. The van der Waals surface area contributed by atoms with Gasteiger partial charge in [0.25, 0.3) is 5.91 Å². The van der Waals surface area contributed by atoms with Crippen molar-refractivity contribution < 1.29 is 23.9 Å². The number of halogens is 2. The Bertz CT molecular complexity index is 1360. The van der Waals surface area contributed by atoms with Crippen molar-refractivity contribution in [3.05, 3.63) is 99.5 Å². The highest BCUT2D eigenvalue weighted by atomic mass is 35.5. The van der Waals surface area contributed by atoms with Crippen molar-refractivity contribution in [1.29, 1.82) is 0 Å². The molecule has 3 aromatic carbocycles. The number of esters is 2. The van der Waals surface area contributed by atoms with Crippen molar-refractivity contribution in [2.45, 2.75) is 19.1 Å². The van der Waals surface area contributed by atoms with Gasteiger partial charge in [-0.3, -0.25) is 4.79 Å². The summed E-state index contributed by atoms with van der Waals surface area (Å²) >= 11 is 12.7. The molecule has 0 saturated heterocycles. The molecule has 9 heteroatoms. The number of likely N-dealkylation sites (N-methyl/N-ethyl adjacent to an activating group) is 1. The Morgan fingerprint density at radius 1 is 1.05 bits per heavy atom. The predicted molar refractivity (Wildman–Crippen MR) is 144 cm³/mol. The summed E-state index contributed by atoms with van der Waals surface area (Å²) in [5, 5.41) is 3.90. The number of ether oxygens (including phenoxy) is 2. The molecular formula is C28H24Cl2N2O5. The van der Waals surface area contributed by atoms with Gasteiger partial charge in [-0.1, -0.05) is 53.5 Å². The van der Waals surface area contributed by atoms with Crippen LogP contribution in [-0.4, -0.2) is 38.0 Å². The average Bonchev–Trinajstić information content (AvgIpc) is 2.90. The van der Waals surface area contributed by atoms with Gasteiger partial charge in [-0.2, -0.15) is 0 Å². The highest BCUT2D eigenvalue weighted by molar-refractivity contribution is 6.36. The first kappa shape index (κ1) is 26.3. The standard InChI is InChI=1S/C28H24Cl2N2O5/c1-32(21-10-8-18(9-11-21)27(34)36-2)25(33)13-19-12-24(28(35)37-16-17-6-4-3-5-7-17)31-23-15-20(29)14-22(30)26(19)23/h3-11,13-15,24,31H,12,16H2,1-2H3/b19-13+. The number of hydrogen-bond acceptors (Lipinski definition) is 6. The molecular weight excluding hydrogens is 515 g/mol. The van der Waals surface area contributed by atoms with Crippen LogP contribution in [0.3, 0.4) is 0 Å². The monoisotopic (exact) mass is 538 g/mol. The SMILES string of the molecule is COC(=O)c1ccc(N(C)C(=O)/C=C2\CC(C(=O)OCc3ccccc3)Nc3cc(Cl)cc(Cl)c32)cc1. The van der Waals surface area contributed by atoms with Crippen LogP contribution < -0.4 is 10.2 Å². The number of nitrogens with zero attached hydrogens (tertiary/aromatic N) is 1. The fourth-order valence-corrected chi connectivity index (χ4v) is 4.60. The summed E-state index contributed by atoms with van der Waals surface area (Å²) in [6, 6.07) is 18.3. The number of rotatable bonds is 6. The van der Waals surface area contributed by atoms with Crippen molar-refractivity contribution in [1.82, 2.24) is 0 Å². The van der Waals surface area contributed by atoms with Gasteiger partial charge in [0.15, 0.2) is 0 Å². The molecule has 0 saturated carbocycles. The van der Waals surface area contributed by atoms with Gasteiger partial charge in [0.05, 0.1) is 17.7 Å². The van der Waals surface area contributed by atoms with Crippen molar-refractivity contribution >= 4 is 58.0 Å². The van der Waals surface area contributed by atoms with E-state index in [9.17, 15) is 14.4 Å². The lowest BCUT2D eigenvalue weighted by molar-refractivity contribution is -0.145. The number of amides is 1. The molecule has 3 aromatic rings. The van der Waals surface area contributed by atoms with Crippen molar-refractivity contribution in [2.75, 3.05) is 24.4 Å². The van der Waals surface area contributed by atoms with E-state index in [1.165, 1.54) is 18.1 Å². The molecule has 37 heavy (non-hydrogen) atoms. The van der Waals surface area contributed by atoms with Gasteiger partial charge in [-0.25, -0.2) is 9.59 Å². The van der Waals surface area contributed by atoms with Crippen LogP contribution in [0, 0.1) is 0 Å². The number of methoxy groups -OCH3 is 1. The number of fused-ring (bicyclic) bond motifs is 1. The third-order valence-corrected chi connectivity index (χ3v) is 6.46. The van der Waals surface area contributed by atoms with Crippen LogP contribution in [-0.2, 0) is 25.7 Å². The smallest absolute Gasteiger partial charge is 0.337 e. The lowest BCUT2D eigenvalue weighted by atomic mass is 9.91. The molecule has 7 nitrogen and oxygen atoms in total. The third kappa shape index (κ3) is 6.13. The Morgan fingerprint density at radius 3 is 2.43 bits per heavy atom. The quantitative estimate of drug-likeness (QED) is 0.317. The maximum absolute atomic E-state index is 13.2. The van der Waals surface area contributed by atoms with Gasteiger partial charge in [0.1, 0.15) is 12.6 Å². The van der Waals surface area contributed by atoms with E-state index in [1.54, 1.807) is 43.4 Å². The molecule has 1 N–H and O–H groups in total. The zero-order valence-electron chi connectivity index (χ0n) is 20.2. The van der Waals surface area contributed by atoms with E-state index >= 15 is 0 Å². The summed E-state index contributed by atoms with van der Waals surface area (Å²) in [7, 11) is 2.92. The van der Waals surface area contributed by atoms with E-state index in [1.807, 2.05) is 30.3 Å².